The van der Waals surface area contributed by atoms with E-state index in [0.29, 0.717) is 17.1 Å². The first kappa shape index (κ1) is 17.2. The number of hydrogen-bond acceptors (Lipinski definition) is 8. The van der Waals surface area contributed by atoms with Crippen LogP contribution in [-0.4, -0.2) is 35.8 Å². The molecule has 1 aromatic heterocycles. The molecule has 1 N–H and O–H groups in total. The van der Waals surface area contributed by atoms with Crippen molar-refractivity contribution in [3.63, 3.8) is 0 Å². The quantitative estimate of drug-likeness (QED) is 0.646. The topological polar surface area (TPSA) is 95.7 Å². The molecule has 0 saturated heterocycles. The van der Waals surface area contributed by atoms with E-state index in [-0.39, 0.29) is 30.4 Å². The highest BCUT2D eigenvalue weighted by molar-refractivity contribution is 8.00. The number of benzene rings is 2. The third-order valence-corrected chi connectivity index (χ3v) is 4.73. The van der Waals surface area contributed by atoms with Crippen LogP contribution in [0.3, 0.4) is 0 Å². The smallest absolute Gasteiger partial charge is 0.322 e. The maximum atomic E-state index is 12.1. The van der Waals surface area contributed by atoms with Gasteiger partial charge in [-0.25, -0.2) is 0 Å². The lowest BCUT2D eigenvalue weighted by molar-refractivity contribution is -0.113. The van der Waals surface area contributed by atoms with Gasteiger partial charge in [0.2, 0.25) is 18.6 Å². The molecule has 1 aliphatic heterocycles. The standard InChI is InChI=1S/C18H15N3O5S/c1-23-12-3-5-13(6-4-12)27-9-16(22)19-18-21-20-17(26-18)11-2-7-14-15(8-11)25-10-24-14/h2-8H,9-10H2,1H3,(H,19,21,22). The Kier molecular flexibility index (Phi) is 4.84. The molecule has 2 heterocycles. The number of nitrogens with one attached hydrogen (secondary N) is 1. The maximum Gasteiger partial charge on any atom is 0.322 e. The number of rotatable bonds is 6. The monoisotopic (exact) mass is 385 g/mol. The number of carbonyl (C=O) groups is 1. The molecule has 2 aromatic carbocycles. The minimum absolute atomic E-state index is 0.0444. The predicted molar refractivity (Wildman–Crippen MR) is 98.2 cm³/mol. The average molecular weight is 385 g/mol. The van der Waals surface area contributed by atoms with Crippen molar-refractivity contribution >= 4 is 23.7 Å². The number of methoxy groups -OCH3 is 1. The summed E-state index contributed by atoms with van der Waals surface area (Å²) in [5.41, 5.74) is 0.680. The van der Waals surface area contributed by atoms with Crippen LogP contribution in [0.1, 0.15) is 0 Å². The fourth-order valence-corrected chi connectivity index (χ4v) is 3.09. The Morgan fingerprint density at radius 3 is 2.78 bits per heavy atom. The second-order valence-electron chi connectivity index (χ2n) is 5.49. The molecule has 1 amide bonds. The average Bonchev–Trinajstić information content (AvgIpc) is 3.35. The highest BCUT2D eigenvalue weighted by Gasteiger charge is 2.17. The van der Waals surface area contributed by atoms with Gasteiger partial charge in [-0.05, 0) is 42.5 Å². The fourth-order valence-electron chi connectivity index (χ4n) is 2.40. The van der Waals surface area contributed by atoms with E-state index in [1.807, 2.05) is 24.3 Å². The summed E-state index contributed by atoms with van der Waals surface area (Å²) in [6.45, 7) is 0.190. The molecule has 0 aliphatic carbocycles. The fraction of sp³-hybridized carbons (Fsp3) is 0.167. The summed E-state index contributed by atoms with van der Waals surface area (Å²) in [6, 6.07) is 12.8. The molecule has 1 aliphatic rings. The van der Waals surface area contributed by atoms with Crippen LogP contribution in [0.4, 0.5) is 6.01 Å². The second-order valence-corrected chi connectivity index (χ2v) is 6.54. The normalized spacial score (nSPS) is 12.0. The van der Waals surface area contributed by atoms with Crippen molar-refractivity contribution in [1.82, 2.24) is 10.2 Å². The van der Waals surface area contributed by atoms with E-state index in [9.17, 15) is 4.79 Å². The van der Waals surface area contributed by atoms with Crippen LogP contribution in [0.15, 0.2) is 51.8 Å². The number of nitrogens with zero attached hydrogens (tertiary/aromatic N) is 2. The van der Waals surface area contributed by atoms with E-state index < -0.39 is 0 Å². The third kappa shape index (κ3) is 3.98. The Morgan fingerprint density at radius 1 is 1.15 bits per heavy atom. The zero-order chi connectivity index (χ0) is 18.6. The Bertz CT molecular complexity index is 958. The second kappa shape index (κ2) is 7.58. The molecule has 0 spiro atoms. The summed E-state index contributed by atoms with van der Waals surface area (Å²) in [4.78, 5) is 13.0. The van der Waals surface area contributed by atoms with Crippen LogP contribution < -0.4 is 19.5 Å². The van der Waals surface area contributed by atoms with Crippen molar-refractivity contribution < 1.29 is 23.4 Å². The number of fused-ring (bicyclic) bond motifs is 1. The zero-order valence-electron chi connectivity index (χ0n) is 14.3. The largest absolute Gasteiger partial charge is 0.497 e. The van der Waals surface area contributed by atoms with Gasteiger partial charge in [0.15, 0.2) is 11.5 Å². The van der Waals surface area contributed by atoms with E-state index in [4.69, 9.17) is 18.6 Å². The van der Waals surface area contributed by atoms with E-state index in [0.717, 1.165) is 10.6 Å². The third-order valence-electron chi connectivity index (χ3n) is 3.72. The number of anilines is 1. The molecule has 0 saturated carbocycles. The molecule has 0 atom stereocenters. The van der Waals surface area contributed by atoms with Crippen LogP contribution in [0.25, 0.3) is 11.5 Å². The van der Waals surface area contributed by atoms with Crippen LogP contribution in [0.2, 0.25) is 0 Å². The SMILES string of the molecule is COc1ccc(SCC(=O)Nc2nnc(-c3ccc4c(c3)OCO4)o2)cc1. The number of hydrogen-bond donors (Lipinski definition) is 1. The summed E-state index contributed by atoms with van der Waals surface area (Å²) < 4.78 is 21.2. The molecule has 0 radical (unpaired) electrons. The lowest BCUT2D eigenvalue weighted by atomic mass is 10.2. The van der Waals surface area contributed by atoms with Crippen molar-refractivity contribution in [2.45, 2.75) is 4.90 Å². The molecule has 0 bridgehead atoms. The highest BCUT2D eigenvalue weighted by Crippen LogP contribution is 2.35. The summed E-state index contributed by atoms with van der Waals surface area (Å²) in [6.07, 6.45) is 0. The number of carbonyl (C=O) groups excluding carboxylic acids is 1. The van der Waals surface area contributed by atoms with Crippen LogP contribution in [-0.2, 0) is 4.79 Å². The van der Waals surface area contributed by atoms with Gasteiger partial charge in [0, 0.05) is 10.5 Å². The number of aromatic nitrogens is 2. The van der Waals surface area contributed by atoms with Gasteiger partial charge < -0.3 is 18.6 Å². The predicted octanol–water partition coefficient (Wildman–Crippen LogP) is 3.20. The minimum atomic E-state index is -0.239. The molecular formula is C18H15N3O5S. The van der Waals surface area contributed by atoms with Crippen LogP contribution >= 0.6 is 11.8 Å². The maximum absolute atomic E-state index is 12.1. The van der Waals surface area contributed by atoms with Gasteiger partial charge in [0.05, 0.1) is 12.9 Å². The van der Waals surface area contributed by atoms with Crippen molar-refractivity contribution in [3.8, 4) is 28.7 Å². The molecule has 3 aromatic rings. The number of thioether (sulfide) groups is 1. The molecule has 138 valence electrons. The first-order valence-electron chi connectivity index (χ1n) is 8.01. The van der Waals surface area contributed by atoms with Gasteiger partial charge in [0.1, 0.15) is 5.75 Å². The van der Waals surface area contributed by atoms with Crippen LogP contribution in [0.5, 0.6) is 17.2 Å². The lowest BCUT2D eigenvalue weighted by Crippen LogP contribution is -2.14. The van der Waals surface area contributed by atoms with Crippen molar-refractivity contribution in [1.29, 1.82) is 0 Å². The van der Waals surface area contributed by atoms with Crippen molar-refractivity contribution in [3.05, 3.63) is 42.5 Å². The Labute approximate surface area is 158 Å². The van der Waals surface area contributed by atoms with Crippen molar-refractivity contribution in [2.75, 3.05) is 25.0 Å². The van der Waals surface area contributed by atoms with E-state index in [1.165, 1.54) is 11.8 Å². The van der Waals surface area contributed by atoms with Crippen LogP contribution in [0, 0.1) is 0 Å². The van der Waals surface area contributed by atoms with E-state index >= 15 is 0 Å². The lowest BCUT2D eigenvalue weighted by Gasteiger charge is -2.03. The van der Waals surface area contributed by atoms with Crippen molar-refractivity contribution in [2.24, 2.45) is 0 Å². The highest BCUT2D eigenvalue weighted by atomic mass is 32.2. The van der Waals surface area contributed by atoms with Gasteiger partial charge in [-0.3, -0.25) is 10.1 Å². The molecule has 9 heteroatoms. The molecule has 0 fully saturated rings. The van der Waals surface area contributed by atoms with E-state index in [2.05, 4.69) is 15.5 Å². The van der Waals surface area contributed by atoms with E-state index in [1.54, 1.807) is 25.3 Å². The molecule has 8 nitrogen and oxygen atoms in total. The van der Waals surface area contributed by atoms with Gasteiger partial charge in [0.25, 0.3) is 0 Å². The summed E-state index contributed by atoms with van der Waals surface area (Å²) >= 11 is 1.40. The molecule has 27 heavy (non-hydrogen) atoms. The van der Waals surface area contributed by atoms with Gasteiger partial charge >= 0.3 is 6.01 Å². The molecule has 4 rings (SSSR count). The first-order valence-corrected chi connectivity index (χ1v) is 9.00. The molecular weight excluding hydrogens is 370 g/mol. The van der Waals surface area contributed by atoms with Gasteiger partial charge in [-0.1, -0.05) is 5.10 Å². The van der Waals surface area contributed by atoms with Gasteiger partial charge in [-0.15, -0.1) is 16.9 Å². The number of ether oxygens (including phenoxy) is 3. The summed E-state index contributed by atoms with van der Waals surface area (Å²) in [5, 5.41) is 10.4. The molecule has 0 unspecified atom stereocenters. The number of amides is 1. The minimum Gasteiger partial charge on any atom is -0.497 e. The van der Waals surface area contributed by atoms with Gasteiger partial charge in [-0.2, -0.15) is 0 Å². The Balaban J connectivity index is 1.35. The summed E-state index contributed by atoms with van der Waals surface area (Å²) in [7, 11) is 1.61. The Hall–Kier alpha value is -3.20. The zero-order valence-corrected chi connectivity index (χ0v) is 15.1. The summed E-state index contributed by atoms with van der Waals surface area (Å²) in [5.74, 6) is 2.32. The first-order chi connectivity index (χ1) is 13.2. The Morgan fingerprint density at radius 2 is 1.96 bits per heavy atom.